The van der Waals surface area contributed by atoms with Crippen molar-refractivity contribution in [3.8, 4) is 0 Å². The van der Waals surface area contributed by atoms with Crippen LogP contribution in [0.5, 0.6) is 0 Å². The first kappa shape index (κ1) is 14.5. The van der Waals surface area contributed by atoms with Crippen molar-refractivity contribution in [2.24, 2.45) is 7.05 Å². The lowest BCUT2D eigenvalue weighted by Crippen LogP contribution is -2.30. The largest absolute Gasteiger partial charge is 0.465 e. The van der Waals surface area contributed by atoms with Crippen molar-refractivity contribution in [3.05, 3.63) is 33.5 Å². The molecule has 0 atom stereocenters. The van der Waals surface area contributed by atoms with Gasteiger partial charge < -0.3 is 20.2 Å². The minimum Gasteiger partial charge on any atom is -0.465 e. The number of nitrogens with one attached hydrogen (secondary N) is 1. The van der Waals surface area contributed by atoms with Crippen LogP contribution in [0.1, 0.15) is 17.2 Å². The topological polar surface area (TPSA) is 130 Å². The number of amides is 1. The van der Waals surface area contributed by atoms with Gasteiger partial charge in [-0.05, 0) is 18.8 Å². The van der Waals surface area contributed by atoms with E-state index in [0.29, 0.717) is 5.69 Å². The SMILES string of the molecule is Cc1cnc(N(Cc2nc(C)c([N+](=O)[O-])n2C)C(=O)O)[nH]1. The van der Waals surface area contributed by atoms with E-state index < -0.39 is 11.0 Å². The molecule has 0 aliphatic heterocycles. The number of rotatable bonds is 4. The van der Waals surface area contributed by atoms with E-state index in [1.165, 1.54) is 24.7 Å². The van der Waals surface area contributed by atoms with Crippen LogP contribution in [0.2, 0.25) is 0 Å². The fourth-order valence-corrected chi connectivity index (χ4v) is 1.99. The number of aromatic nitrogens is 4. The van der Waals surface area contributed by atoms with Gasteiger partial charge in [-0.2, -0.15) is 0 Å². The van der Waals surface area contributed by atoms with Gasteiger partial charge in [-0.25, -0.2) is 24.2 Å². The number of carbonyl (C=O) groups is 1. The van der Waals surface area contributed by atoms with Crippen molar-refractivity contribution in [1.82, 2.24) is 19.5 Å². The van der Waals surface area contributed by atoms with E-state index >= 15 is 0 Å². The van der Waals surface area contributed by atoms with Gasteiger partial charge in [0.05, 0.1) is 7.05 Å². The molecule has 0 fully saturated rings. The summed E-state index contributed by atoms with van der Waals surface area (Å²) in [5.41, 5.74) is 0.941. The Kier molecular flexibility index (Phi) is 3.61. The maximum atomic E-state index is 11.3. The second kappa shape index (κ2) is 5.23. The molecule has 0 radical (unpaired) electrons. The zero-order valence-electron chi connectivity index (χ0n) is 11.7. The first-order chi connectivity index (χ1) is 9.81. The molecule has 0 aromatic carbocycles. The van der Waals surface area contributed by atoms with Crippen LogP contribution in [-0.4, -0.2) is 35.6 Å². The number of imidazole rings is 2. The highest BCUT2D eigenvalue weighted by Crippen LogP contribution is 2.20. The van der Waals surface area contributed by atoms with E-state index in [9.17, 15) is 20.0 Å². The monoisotopic (exact) mass is 294 g/mol. The third-order valence-corrected chi connectivity index (χ3v) is 2.97. The first-order valence-electron chi connectivity index (χ1n) is 6.00. The van der Waals surface area contributed by atoms with Crippen molar-refractivity contribution in [2.75, 3.05) is 4.90 Å². The number of nitro groups is 1. The Morgan fingerprint density at radius 1 is 1.57 bits per heavy atom. The molecule has 10 heteroatoms. The summed E-state index contributed by atoms with van der Waals surface area (Å²) in [6.07, 6.45) is 0.268. The Hall–Kier alpha value is -2.91. The lowest BCUT2D eigenvalue weighted by Gasteiger charge is -2.14. The lowest BCUT2D eigenvalue weighted by molar-refractivity contribution is -0.392. The van der Waals surface area contributed by atoms with Crippen LogP contribution in [0.25, 0.3) is 0 Å². The van der Waals surface area contributed by atoms with Crippen LogP contribution < -0.4 is 4.90 Å². The zero-order valence-corrected chi connectivity index (χ0v) is 11.7. The second-order valence-electron chi connectivity index (χ2n) is 4.51. The van der Waals surface area contributed by atoms with Gasteiger partial charge in [0.1, 0.15) is 12.2 Å². The van der Waals surface area contributed by atoms with E-state index in [1.807, 2.05) is 0 Å². The molecule has 0 aliphatic carbocycles. The summed E-state index contributed by atoms with van der Waals surface area (Å²) in [6, 6.07) is 0. The van der Waals surface area contributed by atoms with Crippen LogP contribution in [0.4, 0.5) is 16.6 Å². The molecular formula is C11H14N6O4. The molecule has 10 nitrogen and oxygen atoms in total. The van der Waals surface area contributed by atoms with Gasteiger partial charge in [0.2, 0.25) is 11.8 Å². The highest BCUT2D eigenvalue weighted by molar-refractivity contribution is 5.83. The summed E-state index contributed by atoms with van der Waals surface area (Å²) in [7, 11) is 1.47. The fourth-order valence-electron chi connectivity index (χ4n) is 1.99. The minimum absolute atomic E-state index is 0.142. The average Bonchev–Trinajstić information content (AvgIpc) is 2.90. The molecule has 0 unspecified atom stereocenters. The van der Waals surface area contributed by atoms with Crippen LogP contribution in [0.15, 0.2) is 6.20 Å². The summed E-state index contributed by atoms with van der Waals surface area (Å²) in [5, 5.41) is 20.2. The van der Waals surface area contributed by atoms with E-state index in [0.717, 1.165) is 4.90 Å². The number of anilines is 1. The third kappa shape index (κ3) is 2.68. The summed E-state index contributed by atoms with van der Waals surface area (Å²) < 4.78 is 1.26. The van der Waals surface area contributed by atoms with Crippen molar-refractivity contribution >= 4 is 17.9 Å². The van der Waals surface area contributed by atoms with Crippen LogP contribution in [0.3, 0.4) is 0 Å². The molecule has 21 heavy (non-hydrogen) atoms. The third-order valence-electron chi connectivity index (χ3n) is 2.97. The van der Waals surface area contributed by atoms with Crippen LogP contribution in [-0.2, 0) is 13.6 Å². The predicted molar refractivity (Wildman–Crippen MR) is 72.1 cm³/mol. The molecule has 2 aromatic heterocycles. The molecular weight excluding hydrogens is 280 g/mol. The van der Waals surface area contributed by atoms with Gasteiger partial charge in [-0.15, -0.1) is 0 Å². The molecule has 2 aromatic rings. The molecule has 0 saturated carbocycles. The smallest absolute Gasteiger partial charge is 0.414 e. The van der Waals surface area contributed by atoms with Crippen molar-refractivity contribution in [2.45, 2.75) is 20.4 Å². The molecule has 2 rings (SSSR count). The molecule has 2 heterocycles. The van der Waals surface area contributed by atoms with Gasteiger partial charge in [0.15, 0.2) is 0 Å². The summed E-state index contributed by atoms with van der Waals surface area (Å²) in [6.45, 7) is 3.10. The number of hydrogen-bond donors (Lipinski definition) is 2. The Bertz CT molecular complexity index is 704. The van der Waals surface area contributed by atoms with Gasteiger partial charge in [-0.3, -0.25) is 0 Å². The first-order valence-corrected chi connectivity index (χ1v) is 6.00. The molecule has 1 amide bonds. The summed E-state index contributed by atoms with van der Waals surface area (Å²) in [4.78, 5) is 33.5. The maximum absolute atomic E-state index is 11.3. The van der Waals surface area contributed by atoms with Gasteiger partial charge in [0.25, 0.3) is 0 Å². The molecule has 0 aliphatic rings. The lowest BCUT2D eigenvalue weighted by atomic mass is 10.5. The van der Waals surface area contributed by atoms with Crippen molar-refractivity contribution in [1.29, 1.82) is 0 Å². The standard InChI is InChI=1S/C11H14N6O4/c1-6-4-12-10(13-6)16(11(18)19)5-8-14-7(2)9(15(8)3)17(20)21/h4H,5H2,1-3H3,(H,12,13)(H,18,19). The zero-order chi connectivity index (χ0) is 15.7. The Balaban J connectivity index is 2.37. The summed E-state index contributed by atoms with van der Waals surface area (Å²) in [5.74, 6) is 0.241. The van der Waals surface area contributed by atoms with Crippen molar-refractivity contribution < 1.29 is 14.8 Å². The number of aromatic amines is 1. The molecule has 0 saturated heterocycles. The number of hydrogen-bond acceptors (Lipinski definition) is 5. The summed E-state index contributed by atoms with van der Waals surface area (Å²) >= 11 is 0. The Labute approximate surface area is 119 Å². The van der Waals surface area contributed by atoms with E-state index in [1.54, 1.807) is 6.92 Å². The van der Waals surface area contributed by atoms with E-state index in [-0.39, 0.29) is 29.8 Å². The highest BCUT2D eigenvalue weighted by atomic mass is 16.6. The molecule has 2 N–H and O–H groups in total. The van der Waals surface area contributed by atoms with Crippen LogP contribution in [0, 0.1) is 24.0 Å². The minimum atomic E-state index is -1.23. The van der Waals surface area contributed by atoms with E-state index in [2.05, 4.69) is 15.0 Å². The Morgan fingerprint density at radius 3 is 2.67 bits per heavy atom. The van der Waals surface area contributed by atoms with E-state index in [4.69, 9.17) is 0 Å². The normalized spacial score (nSPS) is 10.6. The van der Waals surface area contributed by atoms with Crippen LogP contribution >= 0.6 is 0 Å². The number of carboxylic acid groups (broad SMARTS) is 1. The van der Waals surface area contributed by atoms with Gasteiger partial charge in [0, 0.05) is 11.9 Å². The van der Waals surface area contributed by atoms with Crippen molar-refractivity contribution in [3.63, 3.8) is 0 Å². The molecule has 0 spiro atoms. The fraction of sp³-hybridized carbons (Fsp3) is 0.364. The van der Waals surface area contributed by atoms with Gasteiger partial charge in [-0.1, -0.05) is 0 Å². The molecule has 0 bridgehead atoms. The highest BCUT2D eigenvalue weighted by Gasteiger charge is 2.26. The predicted octanol–water partition coefficient (Wildman–Crippen LogP) is 1.35. The molecule has 112 valence electrons. The Morgan fingerprint density at radius 2 is 2.24 bits per heavy atom. The maximum Gasteiger partial charge on any atom is 0.414 e. The van der Waals surface area contributed by atoms with Gasteiger partial charge >= 0.3 is 11.9 Å². The quantitative estimate of drug-likeness (QED) is 0.646. The number of H-pyrrole nitrogens is 1. The second-order valence-corrected chi connectivity index (χ2v) is 4.51. The number of nitrogens with zero attached hydrogens (tertiary/aromatic N) is 5. The average molecular weight is 294 g/mol. The number of aryl methyl sites for hydroxylation is 2.